The summed E-state index contributed by atoms with van der Waals surface area (Å²) in [5.74, 6) is -2.24. The summed E-state index contributed by atoms with van der Waals surface area (Å²) in [6, 6.07) is 9.08. The lowest BCUT2D eigenvalue weighted by atomic mass is 10.1. The molecule has 0 aliphatic carbocycles. The van der Waals surface area contributed by atoms with E-state index >= 15 is 0 Å². The van der Waals surface area contributed by atoms with Crippen LogP contribution in [0.3, 0.4) is 0 Å². The van der Waals surface area contributed by atoms with Gasteiger partial charge in [-0.25, -0.2) is 21.9 Å². The number of likely N-dealkylation sites (N-methyl/N-ethyl adjacent to an activating group) is 1. The van der Waals surface area contributed by atoms with E-state index in [-0.39, 0.29) is 10.8 Å². The lowest BCUT2D eigenvalue weighted by Gasteiger charge is -2.24. The molecule has 5 nitrogen and oxygen atoms in total. The van der Waals surface area contributed by atoms with Crippen LogP contribution in [0.15, 0.2) is 53.4 Å². The van der Waals surface area contributed by atoms with E-state index in [0.29, 0.717) is 11.1 Å². The number of nitrogens with one attached hydrogen (secondary N) is 1. The molecule has 1 unspecified atom stereocenters. The van der Waals surface area contributed by atoms with Crippen LogP contribution in [-0.4, -0.2) is 33.3 Å². The van der Waals surface area contributed by atoms with E-state index in [1.165, 1.54) is 36.2 Å². The number of sulfonamides is 1. The first-order valence-electron chi connectivity index (χ1n) is 8.09. The van der Waals surface area contributed by atoms with Gasteiger partial charge in [0.2, 0.25) is 15.9 Å². The fourth-order valence-electron chi connectivity index (χ4n) is 2.35. The predicted octanol–water partition coefficient (Wildman–Crippen LogP) is 3.11. The summed E-state index contributed by atoms with van der Waals surface area (Å²) in [4.78, 5) is 13.8. The minimum absolute atomic E-state index is 0.123. The second-order valence-corrected chi connectivity index (χ2v) is 7.80. The molecule has 0 heterocycles. The lowest BCUT2D eigenvalue weighted by molar-refractivity contribution is -0.126. The highest BCUT2D eigenvalue weighted by molar-refractivity contribution is 7.89. The highest BCUT2D eigenvalue weighted by atomic mass is 32.2. The number of rotatable bonds is 6. The van der Waals surface area contributed by atoms with E-state index in [9.17, 15) is 22.0 Å². The molecular weight excluding hydrogens is 374 g/mol. The summed E-state index contributed by atoms with van der Waals surface area (Å²) in [7, 11) is -0.633. The Morgan fingerprint density at radius 3 is 2.30 bits per heavy atom. The second kappa shape index (κ2) is 8.41. The first-order chi connectivity index (χ1) is 12.7. The zero-order chi connectivity index (χ0) is 20.2. The van der Waals surface area contributed by atoms with Gasteiger partial charge in [0.25, 0.3) is 0 Å². The number of halogens is 2. The Kier molecular flexibility index (Phi) is 6.45. The average molecular weight is 394 g/mol. The molecule has 2 aromatic rings. The summed E-state index contributed by atoms with van der Waals surface area (Å²) < 4.78 is 52.0. The van der Waals surface area contributed by atoms with E-state index in [0.717, 1.165) is 12.1 Å². The molecule has 1 N–H and O–H groups in total. The van der Waals surface area contributed by atoms with E-state index in [2.05, 4.69) is 4.72 Å². The van der Waals surface area contributed by atoms with Crippen LogP contribution >= 0.6 is 0 Å². The van der Waals surface area contributed by atoms with E-state index in [4.69, 9.17) is 0 Å². The largest absolute Gasteiger partial charge is 0.335 e. The average Bonchev–Trinajstić information content (AvgIpc) is 2.67. The summed E-state index contributed by atoms with van der Waals surface area (Å²) in [5, 5.41) is 0. The third-order valence-corrected chi connectivity index (χ3v) is 5.66. The standard InChI is InChI=1S/C19H20F2N2O3S/c1-13(15-7-10-17(20)18(21)12-15)23(3)19(24)11-6-14-4-8-16(9-5-14)27(25,26)22-2/h4-13,22H,1-3H3/b11-6+. The van der Waals surface area contributed by atoms with Gasteiger partial charge in [-0.2, -0.15) is 0 Å². The van der Waals surface area contributed by atoms with Gasteiger partial charge in [0.15, 0.2) is 11.6 Å². The highest BCUT2D eigenvalue weighted by Crippen LogP contribution is 2.21. The molecule has 0 spiro atoms. The van der Waals surface area contributed by atoms with Gasteiger partial charge in [0.1, 0.15) is 0 Å². The molecule has 0 saturated heterocycles. The molecule has 0 aliphatic rings. The highest BCUT2D eigenvalue weighted by Gasteiger charge is 2.17. The molecule has 144 valence electrons. The zero-order valence-electron chi connectivity index (χ0n) is 15.1. The van der Waals surface area contributed by atoms with Gasteiger partial charge < -0.3 is 4.90 Å². The predicted molar refractivity (Wildman–Crippen MR) is 99.3 cm³/mol. The summed E-state index contributed by atoms with van der Waals surface area (Å²) >= 11 is 0. The Bertz CT molecular complexity index is 957. The van der Waals surface area contributed by atoms with Crippen LogP contribution in [0.4, 0.5) is 8.78 Å². The third-order valence-electron chi connectivity index (χ3n) is 4.23. The molecule has 1 amide bonds. The minimum atomic E-state index is -3.51. The fourth-order valence-corrected chi connectivity index (χ4v) is 3.08. The minimum Gasteiger partial charge on any atom is -0.335 e. The second-order valence-electron chi connectivity index (χ2n) is 5.91. The molecule has 2 rings (SSSR count). The molecule has 0 bridgehead atoms. The summed E-state index contributed by atoms with van der Waals surface area (Å²) in [6.45, 7) is 1.70. The van der Waals surface area contributed by atoms with Crippen molar-refractivity contribution in [2.24, 2.45) is 0 Å². The van der Waals surface area contributed by atoms with Gasteiger partial charge in [-0.3, -0.25) is 4.79 Å². The third kappa shape index (κ3) is 4.99. The number of hydrogen-bond donors (Lipinski definition) is 1. The fraction of sp³-hybridized carbons (Fsp3) is 0.211. The van der Waals surface area contributed by atoms with E-state index in [1.54, 1.807) is 32.2 Å². The van der Waals surface area contributed by atoms with Crippen molar-refractivity contribution in [3.63, 3.8) is 0 Å². The van der Waals surface area contributed by atoms with Crippen molar-refractivity contribution in [2.45, 2.75) is 17.9 Å². The first-order valence-corrected chi connectivity index (χ1v) is 9.57. The summed E-state index contributed by atoms with van der Waals surface area (Å²) in [6.07, 6.45) is 2.88. The van der Waals surface area contributed by atoms with Crippen molar-refractivity contribution in [3.05, 3.63) is 71.3 Å². The number of carbonyl (C=O) groups is 1. The Labute approximate surface area is 157 Å². The number of amides is 1. The molecular formula is C19H20F2N2O3S. The summed E-state index contributed by atoms with van der Waals surface area (Å²) in [5.41, 5.74) is 1.12. The van der Waals surface area contributed by atoms with Crippen LogP contribution in [0.1, 0.15) is 24.1 Å². The van der Waals surface area contributed by atoms with E-state index in [1.807, 2.05) is 0 Å². The van der Waals surface area contributed by atoms with Crippen molar-refractivity contribution in [2.75, 3.05) is 14.1 Å². The molecule has 0 saturated carbocycles. The molecule has 8 heteroatoms. The van der Waals surface area contributed by atoms with Crippen molar-refractivity contribution in [1.82, 2.24) is 9.62 Å². The number of carbonyl (C=O) groups excluding carboxylic acids is 1. The molecule has 0 aromatic heterocycles. The van der Waals surface area contributed by atoms with Crippen molar-refractivity contribution < 1.29 is 22.0 Å². The van der Waals surface area contributed by atoms with Crippen LogP contribution in [0.2, 0.25) is 0 Å². The first kappa shape index (κ1) is 20.7. The number of hydrogen-bond acceptors (Lipinski definition) is 3. The Balaban J connectivity index is 2.10. The molecule has 1 atom stereocenters. The SMILES string of the molecule is CNS(=O)(=O)c1ccc(/C=C/C(=O)N(C)C(C)c2ccc(F)c(F)c2)cc1. The van der Waals surface area contributed by atoms with Crippen LogP contribution < -0.4 is 4.72 Å². The number of nitrogens with zero attached hydrogens (tertiary/aromatic N) is 1. The van der Waals surface area contributed by atoms with Crippen LogP contribution in [-0.2, 0) is 14.8 Å². The van der Waals surface area contributed by atoms with Crippen LogP contribution in [0.25, 0.3) is 6.08 Å². The van der Waals surface area contributed by atoms with Crippen molar-refractivity contribution in [1.29, 1.82) is 0 Å². The molecule has 0 fully saturated rings. The Hall–Kier alpha value is -2.58. The van der Waals surface area contributed by atoms with Gasteiger partial charge in [-0.1, -0.05) is 18.2 Å². The zero-order valence-corrected chi connectivity index (χ0v) is 15.9. The molecule has 27 heavy (non-hydrogen) atoms. The van der Waals surface area contributed by atoms with E-state index < -0.39 is 27.7 Å². The monoisotopic (exact) mass is 394 g/mol. The van der Waals surface area contributed by atoms with Gasteiger partial charge in [-0.05, 0) is 55.4 Å². The molecule has 2 aromatic carbocycles. The lowest BCUT2D eigenvalue weighted by Crippen LogP contribution is -2.28. The maximum atomic E-state index is 13.4. The maximum absolute atomic E-state index is 13.4. The topological polar surface area (TPSA) is 66.5 Å². The van der Waals surface area contributed by atoms with Gasteiger partial charge >= 0.3 is 0 Å². The Morgan fingerprint density at radius 2 is 1.74 bits per heavy atom. The van der Waals surface area contributed by atoms with Gasteiger partial charge in [-0.15, -0.1) is 0 Å². The molecule has 0 radical (unpaired) electrons. The Morgan fingerprint density at radius 1 is 1.11 bits per heavy atom. The smallest absolute Gasteiger partial charge is 0.246 e. The maximum Gasteiger partial charge on any atom is 0.246 e. The van der Waals surface area contributed by atoms with Crippen LogP contribution in [0.5, 0.6) is 0 Å². The van der Waals surface area contributed by atoms with Gasteiger partial charge in [0, 0.05) is 13.1 Å². The van der Waals surface area contributed by atoms with Crippen LogP contribution in [0, 0.1) is 11.6 Å². The van der Waals surface area contributed by atoms with Crippen molar-refractivity contribution in [3.8, 4) is 0 Å². The molecule has 0 aliphatic heterocycles. The normalized spacial score (nSPS) is 12.9. The van der Waals surface area contributed by atoms with Crippen molar-refractivity contribution >= 4 is 22.0 Å². The number of benzene rings is 2. The quantitative estimate of drug-likeness (QED) is 0.766. The van der Waals surface area contributed by atoms with Gasteiger partial charge in [0.05, 0.1) is 10.9 Å².